The van der Waals surface area contributed by atoms with Crippen LogP contribution in [0, 0.1) is 5.92 Å². The third kappa shape index (κ3) is 6.94. The van der Waals surface area contributed by atoms with Crippen LogP contribution >= 0.6 is 23.2 Å². The molecule has 0 bridgehead atoms. The van der Waals surface area contributed by atoms with E-state index in [1.807, 2.05) is 31.2 Å². The summed E-state index contributed by atoms with van der Waals surface area (Å²) in [6, 6.07) is 6.03. The Morgan fingerprint density at radius 3 is 2.52 bits per heavy atom. The molecule has 6 unspecified atom stereocenters. The number of sulfonamides is 1. The zero-order valence-electron chi connectivity index (χ0n) is 27.3. The number of nitrogens with one attached hydrogen (secondary N) is 1. The number of hydrogen-bond donors (Lipinski definition) is 1. The smallest absolute Gasteiger partial charge is 0.241 e. The van der Waals surface area contributed by atoms with Crippen molar-refractivity contribution in [2.45, 2.75) is 88.8 Å². The molecular weight excluding hydrogens is 678 g/mol. The number of allylic oxidation sites excluding steroid dienone is 4. The number of carbonyl (C=O) groups is 2. The van der Waals surface area contributed by atoms with Gasteiger partial charge in [-0.15, -0.1) is 0 Å². The highest BCUT2D eigenvalue weighted by molar-refractivity contribution is 7.93. The zero-order chi connectivity index (χ0) is 34.3. The molecule has 1 N–H and O–H groups in total. The van der Waals surface area contributed by atoms with Crippen LogP contribution in [0.3, 0.4) is 0 Å². The van der Waals surface area contributed by atoms with Crippen LogP contribution in [-0.4, -0.2) is 80.3 Å². The number of epoxide rings is 1. The van der Waals surface area contributed by atoms with Crippen molar-refractivity contribution in [3.05, 3.63) is 79.7 Å². The van der Waals surface area contributed by atoms with E-state index in [1.54, 1.807) is 17.0 Å². The molecule has 6 atom stereocenters. The van der Waals surface area contributed by atoms with Gasteiger partial charge in [0.25, 0.3) is 0 Å². The van der Waals surface area contributed by atoms with E-state index in [-0.39, 0.29) is 36.6 Å². The van der Waals surface area contributed by atoms with E-state index in [1.165, 1.54) is 20.2 Å². The van der Waals surface area contributed by atoms with Crippen molar-refractivity contribution in [2.24, 2.45) is 10.9 Å². The van der Waals surface area contributed by atoms with Gasteiger partial charge in [-0.1, -0.05) is 54.8 Å². The molecule has 258 valence electrons. The van der Waals surface area contributed by atoms with Gasteiger partial charge in [0.05, 0.1) is 23.1 Å². The van der Waals surface area contributed by atoms with Crippen LogP contribution in [0.15, 0.2) is 74.1 Å². The molecule has 1 aromatic carbocycles. The Morgan fingerprint density at radius 2 is 1.88 bits per heavy atom. The summed E-state index contributed by atoms with van der Waals surface area (Å²) in [6.07, 6.45) is 6.44. The molecule has 1 aromatic rings. The fraction of sp³-hybridized carbons (Fsp3) is 0.514. The third-order valence-electron chi connectivity index (χ3n) is 9.80. The van der Waals surface area contributed by atoms with Crippen molar-refractivity contribution in [1.82, 2.24) is 14.5 Å². The van der Waals surface area contributed by atoms with Gasteiger partial charge in [-0.2, -0.15) is 0 Å². The number of amidine groups is 1. The molecule has 9 nitrogen and oxygen atoms in total. The number of rotatable bonds is 8. The van der Waals surface area contributed by atoms with Crippen LogP contribution in [0.25, 0.3) is 0 Å². The summed E-state index contributed by atoms with van der Waals surface area (Å²) in [5.41, 5.74) is 2.67. The lowest BCUT2D eigenvalue weighted by Gasteiger charge is -2.35. The summed E-state index contributed by atoms with van der Waals surface area (Å²) in [7, 11) is -1.43. The first-order valence-electron chi connectivity index (χ1n) is 16.6. The summed E-state index contributed by atoms with van der Waals surface area (Å²) >= 11 is 12.7. The largest absolute Gasteiger partial charge is 0.365 e. The number of amides is 2. The minimum atomic E-state index is -4.16. The van der Waals surface area contributed by atoms with Gasteiger partial charge >= 0.3 is 0 Å². The van der Waals surface area contributed by atoms with E-state index in [0.29, 0.717) is 53.4 Å². The maximum absolute atomic E-state index is 15.9. The van der Waals surface area contributed by atoms with Gasteiger partial charge in [-0.25, -0.2) is 17.1 Å². The maximum atomic E-state index is 15.9. The Labute approximate surface area is 291 Å². The highest BCUT2D eigenvalue weighted by atomic mass is 35.5. The molecule has 0 radical (unpaired) electrons. The molecular formula is C35H41Cl2FN4O5S. The first-order chi connectivity index (χ1) is 22.9. The lowest BCUT2D eigenvalue weighted by molar-refractivity contribution is -0.137. The van der Waals surface area contributed by atoms with Gasteiger partial charge in [-0.3, -0.25) is 19.5 Å². The number of carbonyl (C=O) groups excluding carboxylic acids is 2. The molecule has 0 saturated carbocycles. The van der Waals surface area contributed by atoms with Crippen molar-refractivity contribution >= 4 is 50.9 Å². The summed E-state index contributed by atoms with van der Waals surface area (Å²) in [4.78, 5) is 34.3. The second-order valence-corrected chi connectivity index (χ2v) is 16.2. The topological polar surface area (TPSA) is 112 Å². The molecule has 2 fully saturated rings. The van der Waals surface area contributed by atoms with Crippen LogP contribution in [0.5, 0.6) is 0 Å². The molecule has 3 heterocycles. The van der Waals surface area contributed by atoms with Gasteiger partial charge in [0.1, 0.15) is 18.1 Å². The fourth-order valence-corrected chi connectivity index (χ4v) is 8.47. The Morgan fingerprint density at radius 1 is 1.12 bits per heavy atom. The second kappa shape index (κ2) is 14.2. The van der Waals surface area contributed by atoms with Crippen molar-refractivity contribution in [1.29, 1.82) is 0 Å². The average Bonchev–Trinajstić information content (AvgIpc) is 3.74. The number of alkyl halides is 1. The number of benzene rings is 1. The SMILES string of the molecule is CCC1OC1C1=C(C2=NC(C3=CC=C(Cl)CC3)C(c3ccc(Cl)cc3)N2C(=O)C2CCCCNC(=O)C2)C=C(S(=O)(=O)N(C)C)C(F)C1. The fourth-order valence-electron chi connectivity index (χ4n) is 7.09. The van der Waals surface area contributed by atoms with Gasteiger partial charge in [0.15, 0.2) is 0 Å². The minimum absolute atomic E-state index is 0.0138. The van der Waals surface area contributed by atoms with Crippen LogP contribution < -0.4 is 5.32 Å². The Hall–Kier alpha value is -2.83. The standard InChI is InChI=1S/C35H41Cl2FN4O5S/c1-4-28-33(47-28)25-18-27(38)29(48(45,46)41(2)3)19-26(25)34-40-31(20-8-12-23(36)13-9-20)32(21-10-14-24(37)15-11-21)42(34)35(44)22-7-5-6-16-39-30(43)17-22/h8,10-12,14-15,19,22,27-28,31-33H,4-7,9,13,16-18H2,1-3H3,(H,39,43). The van der Waals surface area contributed by atoms with Crippen LogP contribution in [0.4, 0.5) is 4.39 Å². The third-order valence-corrected chi connectivity index (χ3v) is 12.3. The number of aliphatic imine (C=N–C) groups is 1. The summed E-state index contributed by atoms with van der Waals surface area (Å²) < 4.78 is 49.8. The van der Waals surface area contributed by atoms with Crippen LogP contribution in [0.1, 0.15) is 69.9 Å². The summed E-state index contributed by atoms with van der Waals surface area (Å²) in [5, 5.41) is 4.13. The van der Waals surface area contributed by atoms with E-state index in [2.05, 4.69) is 5.32 Å². The molecule has 0 spiro atoms. The lowest BCUT2D eigenvalue weighted by atomic mass is 9.87. The summed E-state index contributed by atoms with van der Waals surface area (Å²) in [6.45, 7) is 2.53. The number of ether oxygens (including phenoxy) is 1. The highest BCUT2D eigenvalue weighted by Gasteiger charge is 2.50. The molecule has 5 aliphatic rings. The molecule has 3 aliphatic heterocycles. The highest BCUT2D eigenvalue weighted by Crippen LogP contribution is 2.47. The van der Waals surface area contributed by atoms with Crippen LogP contribution in [0.2, 0.25) is 5.02 Å². The van der Waals surface area contributed by atoms with Crippen molar-refractivity contribution in [2.75, 3.05) is 20.6 Å². The first-order valence-corrected chi connectivity index (χ1v) is 18.8. The molecule has 0 aromatic heterocycles. The van der Waals surface area contributed by atoms with E-state index >= 15 is 4.39 Å². The lowest BCUT2D eigenvalue weighted by Crippen LogP contribution is -2.45. The molecule has 2 aliphatic carbocycles. The molecule has 2 saturated heterocycles. The molecule has 13 heteroatoms. The van der Waals surface area contributed by atoms with Crippen molar-refractivity contribution in [3.8, 4) is 0 Å². The minimum Gasteiger partial charge on any atom is -0.365 e. The van der Waals surface area contributed by atoms with Gasteiger partial charge in [0.2, 0.25) is 21.8 Å². The predicted octanol–water partition coefficient (Wildman–Crippen LogP) is 6.13. The predicted molar refractivity (Wildman–Crippen MR) is 185 cm³/mol. The van der Waals surface area contributed by atoms with Gasteiger partial charge in [0, 0.05) is 55.0 Å². The van der Waals surface area contributed by atoms with E-state index in [9.17, 15) is 18.0 Å². The quantitative estimate of drug-likeness (QED) is 0.325. The first kappa shape index (κ1) is 35.0. The molecule has 6 rings (SSSR count). The Balaban J connectivity index is 1.58. The van der Waals surface area contributed by atoms with E-state index < -0.39 is 45.2 Å². The van der Waals surface area contributed by atoms with E-state index in [0.717, 1.165) is 28.3 Å². The maximum Gasteiger partial charge on any atom is 0.241 e. The molecule has 2 amide bonds. The van der Waals surface area contributed by atoms with Gasteiger partial charge < -0.3 is 10.1 Å². The monoisotopic (exact) mass is 718 g/mol. The number of halogens is 3. The molecule has 48 heavy (non-hydrogen) atoms. The zero-order valence-corrected chi connectivity index (χ0v) is 29.6. The normalized spacial score (nSPS) is 29.8. The van der Waals surface area contributed by atoms with E-state index in [4.69, 9.17) is 32.9 Å². The van der Waals surface area contributed by atoms with Crippen molar-refractivity contribution < 1.29 is 27.1 Å². The number of hydrogen-bond acceptors (Lipinski definition) is 6. The Bertz CT molecular complexity index is 1740. The van der Waals surface area contributed by atoms with Crippen molar-refractivity contribution in [3.63, 3.8) is 0 Å². The van der Waals surface area contributed by atoms with Crippen LogP contribution in [-0.2, 0) is 24.3 Å². The Kier molecular flexibility index (Phi) is 10.3. The van der Waals surface area contributed by atoms with Gasteiger partial charge in [-0.05, 0) is 73.1 Å². The second-order valence-electron chi connectivity index (χ2n) is 13.2. The number of nitrogens with zero attached hydrogens (tertiary/aromatic N) is 3. The average molecular weight is 720 g/mol. The summed E-state index contributed by atoms with van der Waals surface area (Å²) in [5.74, 6) is -0.876.